The summed E-state index contributed by atoms with van der Waals surface area (Å²) in [6, 6.07) is 7.91. The van der Waals surface area contributed by atoms with Crippen LogP contribution in [0.15, 0.2) is 80.3 Å². The average molecular weight is 419 g/mol. The summed E-state index contributed by atoms with van der Waals surface area (Å²) in [7, 11) is 0. The number of Topliss-reactive ketones (excluding diaryl/α,β-unsaturated/α-hetero) is 2. The van der Waals surface area contributed by atoms with Crippen molar-refractivity contribution in [1.82, 2.24) is 0 Å². The van der Waals surface area contributed by atoms with Crippen LogP contribution in [0.4, 0.5) is 0 Å². The van der Waals surface area contributed by atoms with Gasteiger partial charge in [-0.2, -0.15) is 0 Å². The van der Waals surface area contributed by atoms with Crippen molar-refractivity contribution >= 4 is 35.1 Å². The lowest BCUT2D eigenvalue weighted by atomic mass is 9.73. The molecule has 0 radical (unpaired) electrons. The fourth-order valence-electron chi connectivity index (χ4n) is 4.70. The van der Waals surface area contributed by atoms with Crippen LogP contribution in [-0.2, 0) is 9.59 Å². The molecule has 2 nitrogen and oxygen atoms in total. The van der Waals surface area contributed by atoms with Crippen molar-refractivity contribution in [3.05, 3.63) is 91.5 Å². The van der Waals surface area contributed by atoms with Gasteiger partial charge in [-0.3, -0.25) is 9.59 Å². The zero-order valence-electron chi connectivity index (χ0n) is 16.5. The first-order valence-corrected chi connectivity index (χ1v) is 11.6. The minimum Gasteiger partial charge on any atom is -0.290 e. The summed E-state index contributed by atoms with van der Waals surface area (Å²) in [6.07, 6.45) is 10.7. The van der Waals surface area contributed by atoms with Gasteiger partial charge in [0, 0.05) is 20.1 Å². The number of hydrogen-bond acceptors (Lipinski definition) is 4. The molecule has 0 fully saturated rings. The predicted octanol–water partition coefficient (Wildman–Crippen LogP) is 6.41. The smallest absolute Gasteiger partial charge is 0.211 e. The Morgan fingerprint density at radius 1 is 1.10 bits per heavy atom. The van der Waals surface area contributed by atoms with Crippen molar-refractivity contribution in [2.75, 3.05) is 0 Å². The highest BCUT2D eigenvalue weighted by Crippen LogP contribution is 2.67. The Labute approximate surface area is 179 Å². The van der Waals surface area contributed by atoms with Gasteiger partial charge in [0.2, 0.25) is 11.6 Å². The Morgan fingerprint density at radius 3 is 2.52 bits per heavy atom. The van der Waals surface area contributed by atoms with E-state index in [-0.39, 0.29) is 17.0 Å². The van der Waals surface area contributed by atoms with Gasteiger partial charge < -0.3 is 0 Å². The standard InChI is InChI=1S/C25H22O2S2/c1-4-15-9-7-8-12-25(3)18(13-15)29-23-20-17-11-6-5-10-16(17)19(21(26)22(20)27)14(2)28-24(23)25/h5-11,13,19-20H,2,4,12H2,1,3H3/b8-7-,15-9+,18-13+. The monoisotopic (exact) mass is 418 g/mol. The molecule has 3 heterocycles. The number of benzene rings is 1. The van der Waals surface area contributed by atoms with Crippen LogP contribution in [0.25, 0.3) is 0 Å². The van der Waals surface area contributed by atoms with Gasteiger partial charge in [-0.15, -0.1) is 0 Å². The first kappa shape index (κ1) is 19.0. The fraction of sp³-hybridized carbons (Fsp3) is 0.280. The minimum absolute atomic E-state index is 0.186. The molecule has 5 aliphatic rings. The van der Waals surface area contributed by atoms with Gasteiger partial charge in [0.25, 0.3) is 0 Å². The van der Waals surface area contributed by atoms with Crippen LogP contribution >= 0.6 is 23.5 Å². The van der Waals surface area contributed by atoms with E-state index in [9.17, 15) is 9.59 Å². The normalized spacial score (nSPS) is 35.3. The number of fused-ring (bicyclic) bond motifs is 3. The maximum atomic E-state index is 13.3. The number of thioether (sulfide) groups is 2. The third kappa shape index (κ3) is 2.65. The van der Waals surface area contributed by atoms with E-state index in [0.717, 1.165) is 33.8 Å². The Hall–Kier alpha value is -2.04. The first-order valence-electron chi connectivity index (χ1n) is 9.99. The van der Waals surface area contributed by atoms with E-state index in [1.54, 1.807) is 23.5 Å². The topological polar surface area (TPSA) is 34.1 Å². The molecule has 1 aromatic carbocycles. The van der Waals surface area contributed by atoms with Crippen molar-refractivity contribution in [1.29, 1.82) is 0 Å². The summed E-state index contributed by atoms with van der Waals surface area (Å²) in [5.74, 6) is -1.61. The molecule has 0 saturated carbocycles. The van der Waals surface area contributed by atoms with Crippen LogP contribution in [-0.4, -0.2) is 11.6 Å². The summed E-state index contributed by atoms with van der Waals surface area (Å²) in [6.45, 7) is 8.71. The molecule has 29 heavy (non-hydrogen) atoms. The lowest BCUT2D eigenvalue weighted by molar-refractivity contribution is -0.137. The molecule has 1 aromatic rings. The number of hydrogen-bond donors (Lipinski definition) is 0. The molecule has 0 amide bonds. The lowest BCUT2D eigenvalue weighted by Crippen LogP contribution is -2.36. The zero-order chi connectivity index (χ0) is 20.3. The molecule has 0 saturated heterocycles. The van der Waals surface area contributed by atoms with Gasteiger partial charge in [-0.1, -0.05) is 86.4 Å². The van der Waals surface area contributed by atoms with E-state index in [4.69, 9.17) is 0 Å². The maximum Gasteiger partial charge on any atom is 0.211 e. The molecule has 3 atom stereocenters. The lowest BCUT2D eigenvalue weighted by Gasteiger charge is -2.36. The minimum atomic E-state index is -0.536. The molecular formula is C25H22O2S2. The largest absolute Gasteiger partial charge is 0.290 e. The van der Waals surface area contributed by atoms with E-state index in [1.165, 1.54) is 15.4 Å². The molecule has 2 bridgehead atoms. The van der Waals surface area contributed by atoms with Crippen LogP contribution in [0.2, 0.25) is 0 Å². The molecule has 3 aliphatic heterocycles. The third-order valence-electron chi connectivity index (χ3n) is 6.39. The third-order valence-corrected chi connectivity index (χ3v) is 9.34. The van der Waals surface area contributed by atoms with E-state index in [2.05, 4.69) is 44.7 Å². The number of carbonyl (C=O) groups excluding carboxylic acids is 2. The highest BCUT2D eigenvalue weighted by Gasteiger charge is 2.52. The molecule has 0 N–H and O–H groups in total. The second-order valence-corrected chi connectivity index (χ2v) is 10.4. The summed E-state index contributed by atoms with van der Waals surface area (Å²) >= 11 is 3.33. The van der Waals surface area contributed by atoms with Gasteiger partial charge >= 0.3 is 0 Å². The predicted molar refractivity (Wildman–Crippen MR) is 122 cm³/mol. The van der Waals surface area contributed by atoms with Gasteiger partial charge in [-0.25, -0.2) is 0 Å². The number of ketones is 2. The Kier molecular flexibility index (Phi) is 4.41. The average Bonchev–Trinajstić information content (AvgIpc) is 2.93. The van der Waals surface area contributed by atoms with Gasteiger partial charge in [0.1, 0.15) is 0 Å². The van der Waals surface area contributed by atoms with Crippen molar-refractivity contribution in [2.45, 2.75) is 38.5 Å². The van der Waals surface area contributed by atoms with Crippen molar-refractivity contribution in [3.8, 4) is 0 Å². The van der Waals surface area contributed by atoms with E-state index in [1.807, 2.05) is 24.3 Å². The Bertz CT molecular complexity index is 1100. The number of allylic oxidation sites excluding steroid dienone is 9. The second kappa shape index (κ2) is 6.75. The number of carbonyl (C=O) groups is 2. The molecule has 6 rings (SSSR count). The molecule has 146 valence electrons. The van der Waals surface area contributed by atoms with E-state index >= 15 is 0 Å². The van der Waals surface area contributed by atoms with Crippen molar-refractivity contribution in [3.63, 3.8) is 0 Å². The summed E-state index contributed by atoms with van der Waals surface area (Å²) in [5, 5.41) is 0. The maximum absolute atomic E-state index is 13.3. The zero-order valence-corrected chi connectivity index (χ0v) is 18.2. The fourth-order valence-corrected chi connectivity index (χ4v) is 7.80. The SMILES string of the molecule is C=C1SC2=C(S/C3=C/C(CC)=C/C=C\CC23C)C2C(=O)C(=O)C1c1ccccc12. The van der Waals surface area contributed by atoms with Crippen LogP contribution in [0.3, 0.4) is 0 Å². The summed E-state index contributed by atoms with van der Waals surface area (Å²) < 4.78 is 0. The summed E-state index contributed by atoms with van der Waals surface area (Å²) in [4.78, 5) is 30.6. The van der Waals surface area contributed by atoms with Gasteiger partial charge in [0.05, 0.1) is 11.8 Å². The van der Waals surface area contributed by atoms with Crippen LogP contribution in [0.5, 0.6) is 0 Å². The van der Waals surface area contributed by atoms with Crippen LogP contribution in [0, 0.1) is 5.41 Å². The summed E-state index contributed by atoms with van der Waals surface area (Å²) in [5.41, 5.74) is 3.02. The van der Waals surface area contributed by atoms with E-state index in [0.29, 0.717) is 0 Å². The van der Waals surface area contributed by atoms with Crippen LogP contribution < -0.4 is 0 Å². The van der Waals surface area contributed by atoms with Crippen LogP contribution in [0.1, 0.15) is 49.7 Å². The van der Waals surface area contributed by atoms with Gasteiger partial charge in [0.15, 0.2) is 0 Å². The molecule has 2 aliphatic carbocycles. The Morgan fingerprint density at radius 2 is 1.79 bits per heavy atom. The van der Waals surface area contributed by atoms with Gasteiger partial charge in [-0.05, 0) is 40.5 Å². The number of rotatable bonds is 1. The van der Waals surface area contributed by atoms with Crippen molar-refractivity contribution < 1.29 is 9.59 Å². The second-order valence-electron chi connectivity index (χ2n) is 8.16. The molecule has 4 heteroatoms. The highest BCUT2D eigenvalue weighted by molar-refractivity contribution is 8.11. The molecular weight excluding hydrogens is 396 g/mol. The molecule has 3 unspecified atom stereocenters. The molecule has 0 spiro atoms. The Balaban J connectivity index is 1.77. The molecule has 0 aromatic heterocycles. The first-order chi connectivity index (χ1) is 14.0. The quantitative estimate of drug-likeness (QED) is 0.494. The highest BCUT2D eigenvalue weighted by atomic mass is 32.2. The van der Waals surface area contributed by atoms with Crippen molar-refractivity contribution in [2.24, 2.45) is 5.41 Å². The van der Waals surface area contributed by atoms with E-state index < -0.39 is 11.8 Å².